The SMILES string of the molecule is CC1(c2cccc(Cl)c2)NC(=O)N(CC(=O)N2CCN(Cc3ccccc3)CC2)C1=O. The first-order valence-electron chi connectivity index (χ1n) is 10.3. The molecule has 1 N–H and O–H groups in total. The average Bonchev–Trinajstić information content (AvgIpc) is 2.99. The van der Waals surface area contributed by atoms with E-state index < -0.39 is 17.5 Å². The van der Waals surface area contributed by atoms with Crippen molar-refractivity contribution in [3.05, 3.63) is 70.7 Å². The molecule has 2 saturated heterocycles. The number of hydrogen-bond donors (Lipinski definition) is 1. The molecule has 0 aromatic heterocycles. The third kappa shape index (κ3) is 4.43. The summed E-state index contributed by atoms with van der Waals surface area (Å²) in [4.78, 5) is 43.4. The van der Waals surface area contributed by atoms with Gasteiger partial charge in [0.05, 0.1) is 0 Å². The fourth-order valence-corrected chi connectivity index (χ4v) is 4.26. The highest BCUT2D eigenvalue weighted by Crippen LogP contribution is 2.30. The number of imide groups is 1. The molecule has 162 valence electrons. The normalized spacial score (nSPS) is 22.0. The van der Waals surface area contributed by atoms with Crippen LogP contribution >= 0.6 is 11.6 Å². The molecule has 2 aromatic carbocycles. The molecule has 0 bridgehead atoms. The molecule has 2 aromatic rings. The number of amides is 4. The molecule has 2 heterocycles. The lowest BCUT2D eigenvalue weighted by Gasteiger charge is -2.35. The van der Waals surface area contributed by atoms with Gasteiger partial charge in [-0.3, -0.25) is 19.4 Å². The molecule has 4 rings (SSSR count). The molecule has 2 fully saturated rings. The molecule has 1 unspecified atom stereocenters. The smallest absolute Gasteiger partial charge is 0.325 e. The van der Waals surface area contributed by atoms with Gasteiger partial charge in [-0.05, 0) is 30.2 Å². The first-order valence-corrected chi connectivity index (χ1v) is 10.7. The van der Waals surface area contributed by atoms with Crippen LogP contribution in [0, 0.1) is 0 Å². The minimum absolute atomic E-state index is 0.224. The third-order valence-corrected chi connectivity index (χ3v) is 6.18. The maximum atomic E-state index is 13.0. The van der Waals surface area contributed by atoms with Crippen molar-refractivity contribution in [1.29, 1.82) is 0 Å². The van der Waals surface area contributed by atoms with Crippen LogP contribution in [-0.2, 0) is 21.7 Å². The lowest BCUT2D eigenvalue weighted by molar-refractivity contribution is -0.139. The minimum Gasteiger partial charge on any atom is -0.339 e. The first-order chi connectivity index (χ1) is 14.9. The zero-order valence-corrected chi connectivity index (χ0v) is 18.1. The summed E-state index contributed by atoms with van der Waals surface area (Å²) in [5.41, 5.74) is 0.584. The van der Waals surface area contributed by atoms with Crippen LogP contribution < -0.4 is 5.32 Å². The molecule has 4 amide bonds. The maximum Gasteiger partial charge on any atom is 0.325 e. The van der Waals surface area contributed by atoms with E-state index in [1.165, 1.54) is 5.56 Å². The van der Waals surface area contributed by atoms with E-state index in [-0.39, 0.29) is 12.5 Å². The number of rotatable bonds is 5. The highest BCUT2D eigenvalue weighted by Gasteiger charge is 2.49. The van der Waals surface area contributed by atoms with E-state index in [0.29, 0.717) is 23.7 Å². The summed E-state index contributed by atoms with van der Waals surface area (Å²) in [6, 6.07) is 16.5. The Bertz CT molecular complexity index is 991. The number of benzene rings is 2. The summed E-state index contributed by atoms with van der Waals surface area (Å²) in [5.74, 6) is -0.672. The summed E-state index contributed by atoms with van der Waals surface area (Å²) in [5, 5.41) is 3.19. The molecule has 0 spiro atoms. The lowest BCUT2D eigenvalue weighted by Crippen LogP contribution is -2.51. The number of carbonyl (C=O) groups is 3. The van der Waals surface area contributed by atoms with Crippen LogP contribution in [0.1, 0.15) is 18.1 Å². The monoisotopic (exact) mass is 440 g/mol. The average molecular weight is 441 g/mol. The number of hydrogen-bond acceptors (Lipinski definition) is 4. The van der Waals surface area contributed by atoms with Gasteiger partial charge in [-0.2, -0.15) is 0 Å². The van der Waals surface area contributed by atoms with Gasteiger partial charge in [0.2, 0.25) is 5.91 Å². The maximum absolute atomic E-state index is 13.0. The second-order valence-corrected chi connectivity index (χ2v) is 8.54. The molecule has 0 saturated carbocycles. The first kappa shape index (κ1) is 21.3. The van der Waals surface area contributed by atoms with Crippen LogP contribution in [0.15, 0.2) is 54.6 Å². The zero-order chi connectivity index (χ0) is 22.0. The van der Waals surface area contributed by atoms with Crippen molar-refractivity contribution in [2.45, 2.75) is 19.0 Å². The van der Waals surface area contributed by atoms with Gasteiger partial charge in [0, 0.05) is 37.7 Å². The number of carbonyl (C=O) groups excluding carboxylic acids is 3. The number of halogens is 1. The Balaban J connectivity index is 1.35. The largest absolute Gasteiger partial charge is 0.339 e. The fourth-order valence-electron chi connectivity index (χ4n) is 4.07. The van der Waals surface area contributed by atoms with Crippen LogP contribution in [-0.4, -0.2) is 65.3 Å². The number of urea groups is 1. The Kier molecular flexibility index (Phi) is 5.98. The van der Waals surface area contributed by atoms with Gasteiger partial charge in [-0.1, -0.05) is 54.1 Å². The number of nitrogens with one attached hydrogen (secondary N) is 1. The standard InChI is InChI=1S/C23H25ClN4O3/c1-23(18-8-5-9-19(24)14-18)21(30)28(22(31)25-23)16-20(29)27-12-10-26(11-13-27)15-17-6-3-2-4-7-17/h2-9,14H,10-13,15-16H2,1H3,(H,25,31). The number of nitrogens with zero attached hydrogens (tertiary/aromatic N) is 3. The van der Waals surface area contributed by atoms with Crippen molar-refractivity contribution < 1.29 is 14.4 Å². The molecule has 31 heavy (non-hydrogen) atoms. The Morgan fingerprint density at radius 3 is 2.42 bits per heavy atom. The predicted molar refractivity (Wildman–Crippen MR) is 117 cm³/mol. The Morgan fingerprint density at radius 2 is 1.74 bits per heavy atom. The molecular formula is C23H25ClN4O3. The van der Waals surface area contributed by atoms with Crippen LogP contribution in [0.5, 0.6) is 0 Å². The van der Waals surface area contributed by atoms with E-state index in [1.807, 2.05) is 18.2 Å². The van der Waals surface area contributed by atoms with E-state index in [2.05, 4.69) is 22.3 Å². The lowest BCUT2D eigenvalue weighted by atomic mass is 9.92. The van der Waals surface area contributed by atoms with Crippen molar-refractivity contribution in [3.63, 3.8) is 0 Å². The predicted octanol–water partition coefficient (Wildman–Crippen LogP) is 2.45. The molecule has 1 atom stereocenters. The van der Waals surface area contributed by atoms with Gasteiger partial charge in [0.15, 0.2) is 0 Å². The highest BCUT2D eigenvalue weighted by molar-refractivity contribution is 6.30. The zero-order valence-electron chi connectivity index (χ0n) is 17.4. The fraction of sp³-hybridized carbons (Fsp3) is 0.348. The van der Waals surface area contributed by atoms with Gasteiger partial charge in [-0.25, -0.2) is 4.79 Å². The van der Waals surface area contributed by atoms with Crippen LogP contribution in [0.4, 0.5) is 4.79 Å². The topological polar surface area (TPSA) is 73.0 Å². The molecule has 7 nitrogen and oxygen atoms in total. The molecule has 8 heteroatoms. The van der Waals surface area contributed by atoms with E-state index in [0.717, 1.165) is 24.5 Å². The summed E-state index contributed by atoms with van der Waals surface area (Å²) >= 11 is 6.05. The third-order valence-electron chi connectivity index (χ3n) is 5.94. The van der Waals surface area contributed by atoms with Gasteiger partial charge >= 0.3 is 6.03 Å². The minimum atomic E-state index is -1.24. The summed E-state index contributed by atoms with van der Waals surface area (Å²) in [7, 11) is 0. The summed E-state index contributed by atoms with van der Waals surface area (Å²) in [6.45, 7) is 4.85. The van der Waals surface area contributed by atoms with E-state index in [4.69, 9.17) is 11.6 Å². The van der Waals surface area contributed by atoms with Crippen molar-refractivity contribution in [2.75, 3.05) is 32.7 Å². The second-order valence-electron chi connectivity index (χ2n) is 8.10. The van der Waals surface area contributed by atoms with E-state index >= 15 is 0 Å². The highest BCUT2D eigenvalue weighted by atomic mass is 35.5. The molecule has 0 radical (unpaired) electrons. The van der Waals surface area contributed by atoms with Crippen molar-refractivity contribution in [1.82, 2.24) is 20.0 Å². The van der Waals surface area contributed by atoms with Crippen LogP contribution in [0.25, 0.3) is 0 Å². The van der Waals surface area contributed by atoms with Crippen molar-refractivity contribution in [2.24, 2.45) is 0 Å². The van der Waals surface area contributed by atoms with Gasteiger partial charge in [-0.15, -0.1) is 0 Å². The van der Waals surface area contributed by atoms with Crippen molar-refractivity contribution in [3.8, 4) is 0 Å². The Morgan fingerprint density at radius 1 is 1.03 bits per heavy atom. The van der Waals surface area contributed by atoms with Gasteiger partial charge in [0.25, 0.3) is 5.91 Å². The molecular weight excluding hydrogens is 416 g/mol. The summed E-state index contributed by atoms with van der Waals surface area (Å²) < 4.78 is 0. The van der Waals surface area contributed by atoms with Gasteiger partial charge in [0.1, 0.15) is 12.1 Å². The van der Waals surface area contributed by atoms with E-state index in [9.17, 15) is 14.4 Å². The van der Waals surface area contributed by atoms with E-state index in [1.54, 1.807) is 36.1 Å². The molecule has 2 aliphatic rings. The van der Waals surface area contributed by atoms with Crippen LogP contribution in [0.2, 0.25) is 5.02 Å². The van der Waals surface area contributed by atoms with Crippen LogP contribution in [0.3, 0.4) is 0 Å². The number of piperazine rings is 1. The van der Waals surface area contributed by atoms with Crippen molar-refractivity contribution >= 4 is 29.4 Å². The molecule has 0 aliphatic carbocycles. The molecule has 2 aliphatic heterocycles. The second kappa shape index (κ2) is 8.69. The quantitative estimate of drug-likeness (QED) is 0.725. The van der Waals surface area contributed by atoms with Gasteiger partial charge < -0.3 is 10.2 Å². The summed E-state index contributed by atoms with van der Waals surface area (Å²) in [6.07, 6.45) is 0. The Hall–Kier alpha value is -2.90. The Labute approximate surface area is 186 Å².